The molecule has 0 radical (unpaired) electrons. The minimum Gasteiger partial charge on any atom is -0.387 e. The van der Waals surface area contributed by atoms with Crippen molar-refractivity contribution in [1.29, 1.82) is 0 Å². The first-order chi connectivity index (χ1) is 7.27. The molecule has 0 aliphatic carbocycles. The molecule has 80 valence electrons. The first-order valence-corrected chi connectivity index (χ1v) is 5.62. The molecule has 0 atom stereocenters. The lowest BCUT2D eigenvalue weighted by Gasteiger charge is -2.03. The highest BCUT2D eigenvalue weighted by Gasteiger charge is 1.97. The highest BCUT2D eigenvalue weighted by Crippen LogP contribution is 2.19. The predicted molar refractivity (Wildman–Crippen MR) is 67.4 cm³/mol. The van der Waals surface area contributed by atoms with Gasteiger partial charge >= 0.3 is 0 Å². The van der Waals surface area contributed by atoms with Crippen molar-refractivity contribution in [1.82, 2.24) is 0 Å². The molecule has 0 aliphatic heterocycles. The molecule has 0 aromatic heterocycles. The summed E-state index contributed by atoms with van der Waals surface area (Å²) in [6, 6.07) is 5.71. The molecule has 0 aliphatic rings. The Kier molecular flexibility index (Phi) is 5.07. The van der Waals surface area contributed by atoms with Crippen LogP contribution in [0.25, 0.3) is 0 Å². The van der Waals surface area contributed by atoms with Gasteiger partial charge in [-0.15, -0.1) is 0 Å². The normalized spacial score (nSPS) is 9.27. The molecule has 2 heteroatoms. The van der Waals surface area contributed by atoms with Crippen molar-refractivity contribution in [2.45, 2.75) is 26.2 Å². The topological polar surface area (TPSA) is 12.0 Å². The van der Waals surface area contributed by atoms with Crippen molar-refractivity contribution in [3.8, 4) is 11.8 Å². The first-order valence-electron chi connectivity index (χ1n) is 5.24. The maximum absolute atomic E-state index is 5.89. The van der Waals surface area contributed by atoms with Crippen molar-refractivity contribution >= 4 is 17.3 Å². The fraction of sp³-hybridized carbons (Fsp3) is 0.385. The molecule has 1 nitrogen and oxygen atoms in total. The van der Waals surface area contributed by atoms with Crippen molar-refractivity contribution in [2.24, 2.45) is 0 Å². The van der Waals surface area contributed by atoms with Crippen LogP contribution >= 0.6 is 11.6 Å². The molecule has 15 heavy (non-hydrogen) atoms. The molecule has 1 N–H and O–H groups in total. The Labute approximate surface area is 96.8 Å². The number of hydrogen-bond acceptors (Lipinski definition) is 1. The third-order valence-electron chi connectivity index (χ3n) is 2.13. The second kappa shape index (κ2) is 6.37. The predicted octanol–water partition coefficient (Wildman–Crippen LogP) is 3.92. The van der Waals surface area contributed by atoms with Crippen LogP contribution in [0.1, 0.15) is 31.7 Å². The summed E-state index contributed by atoms with van der Waals surface area (Å²) in [4.78, 5) is 0. The molecule has 1 aromatic rings. The number of halogens is 1. The van der Waals surface area contributed by atoms with Crippen molar-refractivity contribution < 1.29 is 0 Å². The minimum atomic E-state index is 0.735. The standard InChI is InChI=1S/C13H16ClN/c1-3-4-5-6-7-11-8-9-12(14)10-13(11)15-2/h8-10,15H,3-5H2,1-2H3. The number of benzene rings is 1. The molecule has 0 unspecified atom stereocenters. The summed E-state index contributed by atoms with van der Waals surface area (Å²) in [5, 5.41) is 3.83. The van der Waals surface area contributed by atoms with Gasteiger partial charge in [-0.2, -0.15) is 0 Å². The Morgan fingerprint density at radius 2 is 2.20 bits per heavy atom. The van der Waals surface area contributed by atoms with Gasteiger partial charge in [-0.05, 0) is 24.6 Å². The zero-order valence-electron chi connectivity index (χ0n) is 9.23. The van der Waals surface area contributed by atoms with Gasteiger partial charge in [-0.25, -0.2) is 0 Å². The average Bonchev–Trinajstić information content (AvgIpc) is 2.26. The van der Waals surface area contributed by atoms with Gasteiger partial charge in [0.15, 0.2) is 0 Å². The SMILES string of the molecule is CCCCC#Cc1ccc(Cl)cc1NC. The van der Waals surface area contributed by atoms with Crippen LogP contribution in [-0.4, -0.2) is 7.05 Å². The Morgan fingerprint density at radius 1 is 1.40 bits per heavy atom. The van der Waals surface area contributed by atoms with E-state index in [-0.39, 0.29) is 0 Å². The van der Waals surface area contributed by atoms with Crippen LogP contribution in [0, 0.1) is 11.8 Å². The van der Waals surface area contributed by atoms with Crippen LogP contribution in [0.4, 0.5) is 5.69 Å². The molecule has 0 saturated heterocycles. The van der Waals surface area contributed by atoms with Crippen LogP contribution in [0.2, 0.25) is 5.02 Å². The quantitative estimate of drug-likeness (QED) is 0.603. The molecule has 0 bridgehead atoms. The third-order valence-corrected chi connectivity index (χ3v) is 2.36. The van der Waals surface area contributed by atoms with E-state index in [0.717, 1.165) is 29.1 Å². The van der Waals surface area contributed by atoms with E-state index < -0.39 is 0 Å². The van der Waals surface area contributed by atoms with Gasteiger partial charge in [-0.3, -0.25) is 0 Å². The van der Waals surface area contributed by atoms with Crippen LogP contribution in [-0.2, 0) is 0 Å². The number of anilines is 1. The third kappa shape index (κ3) is 3.85. The van der Waals surface area contributed by atoms with E-state index >= 15 is 0 Å². The van der Waals surface area contributed by atoms with Crippen molar-refractivity contribution in [3.63, 3.8) is 0 Å². The van der Waals surface area contributed by atoms with Gasteiger partial charge in [0.05, 0.1) is 5.69 Å². The molecule has 1 rings (SSSR count). The minimum absolute atomic E-state index is 0.735. The summed E-state index contributed by atoms with van der Waals surface area (Å²) in [7, 11) is 1.88. The largest absolute Gasteiger partial charge is 0.387 e. The van der Waals surface area contributed by atoms with Crippen molar-refractivity contribution in [3.05, 3.63) is 28.8 Å². The molecule has 0 fully saturated rings. The zero-order chi connectivity index (χ0) is 11.1. The number of unbranched alkanes of at least 4 members (excludes halogenated alkanes) is 2. The second-order valence-electron chi connectivity index (χ2n) is 3.35. The summed E-state index contributed by atoms with van der Waals surface area (Å²) in [5.41, 5.74) is 2.00. The van der Waals surface area contributed by atoms with Gasteiger partial charge in [0.25, 0.3) is 0 Å². The Hall–Kier alpha value is -1.13. The van der Waals surface area contributed by atoms with E-state index in [2.05, 4.69) is 24.1 Å². The van der Waals surface area contributed by atoms with Crippen LogP contribution in [0.5, 0.6) is 0 Å². The average molecular weight is 222 g/mol. The summed E-state index contributed by atoms with van der Waals surface area (Å²) in [6.45, 7) is 2.17. The fourth-order valence-electron chi connectivity index (χ4n) is 1.26. The highest BCUT2D eigenvalue weighted by molar-refractivity contribution is 6.30. The fourth-order valence-corrected chi connectivity index (χ4v) is 1.43. The van der Waals surface area contributed by atoms with Gasteiger partial charge < -0.3 is 5.32 Å². The highest BCUT2D eigenvalue weighted by atomic mass is 35.5. The smallest absolute Gasteiger partial charge is 0.0511 e. The van der Waals surface area contributed by atoms with Crippen LogP contribution in [0.15, 0.2) is 18.2 Å². The first kappa shape index (κ1) is 11.9. The molecule has 0 saturated carbocycles. The molecular formula is C13H16ClN. The maximum atomic E-state index is 5.89. The lowest BCUT2D eigenvalue weighted by Crippen LogP contribution is -1.91. The Balaban J connectivity index is 2.78. The molecular weight excluding hydrogens is 206 g/mol. The van der Waals surface area contributed by atoms with Gasteiger partial charge in [0.2, 0.25) is 0 Å². The van der Waals surface area contributed by atoms with E-state index in [0.29, 0.717) is 0 Å². The Morgan fingerprint density at radius 3 is 2.87 bits per heavy atom. The van der Waals surface area contributed by atoms with Crippen LogP contribution in [0.3, 0.4) is 0 Å². The second-order valence-corrected chi connectivity index (χ2v) is 3.78. The van der Waals surface area contributed by atoms with Crippen molar-refractivity contribution in [2.75, 3.05) is 12.4 Å². The van der Waals surface area contributed by atoms with E-state index in [9.17, 15) is 0 Å². The lowest BCUT2D eigenvalue weighted by molar-refractivity contribution is 0.828. The number of hydrogen-bond donors (Lipinski definition) is 1. The zero-order valence-corrected chi connectivity index (χ0v) is 9.99. The van der Waals surface area contributed by atoms with E-state index in [4.69, 9.17) is 11.6 Å². The van der Waals surface area contributed by atoms with Crippen LogP contribution < -0.4 is 5.32 Å². The molecule has 1 aromatic carbocycles. The van der Waals surface area contributed by atoms with E-state index in [1.165, 1.54) is 6.42 Å². The summed E-state index contributed by atoms with van der Waals surface area (Å²) in [6.07, 6.45) is 3.31. The Bertz CT molecular complexity index is 374. The summed E-state index contributed by atoms with van der Waals surface area (Å²) >= 11 is 5.89. The lowest BCUT2D eigenvalue weighted by atomic mass is 10.1. The summed E-state index contributed by atoms with van der Waals surface area (Å²) < 4.78 is 0. The monoisotopic (exact) mass is 221 g/mol. The summed E-state index contributed by atoms with van der Waals surface area (Å²) in [5.74, 6) is 6.32. The van der Waals surface area contributed by atoms with E-state index in [1.807, 2.05) is 25.2 Å². The van der Waals surface area contributed by atoms with E-state index in [1.54, 1.807) is 0 Å². The number of rotatable bonds is 3. The molecule has 0 spiro atoms. The van der Waals surface area contributed by atoms with Gasteiger partial charge in [-0.1, -0.05) is 36.8 Å². The maximum Gasteiger partial charge on any atom is 0.0511 e. The molecule has 0 amide bonds. The van der Waals surface area contributed by atoms with Gasteiger partial charge in [0.1, 0.15) is 0 Å². The molecule has 0 heterocycles. The number of nitrogens with one attached hydrogen (secondary N) is 1. The van der Waals surface area contributed by atoms with Gasteiger partial charge in [0, 0.05) is 24.1 Å².